The lowest BCUT2D eigenvalue weighted by Crippen LogP contribution is -2.58. The van der Waals surface area contributed by atoms with E-state index in [0.29, 0.717) is 36.8 Å². The van der Waals surface area contributed by atoms with Crippen LogP contribution in [0.3, 0.4) is 0 Å². The maximum Gasteiger partial charge on any atom is 0.280 e. The molecule has 0 bridgehead atoms. The average molecular weight is 442 g/mol. The molecular formula is C20H19FN6O3S. The maximum atomic E-state index is 14.0. The van der Waals surface area contributed by atoms with Crippen molar-refractivity contribution < 1.29 is 18.4 Å². The van der Waals surface area contributed by atoms with Crippen LogP contribution < -0.4 is 10.6 Å². The Morgan fingerprint density at radius 3 is 3.03 bits per heavy atom. The van der Waals surface area contributed by atoms with Gasteiger partial charge in [-0.15, -0.1) is 21.5 Å². The smallest absolute Gasteiger partial charge is 0.280 e. The standard InChI is InChI=1S/C20H19FN6O3S/c21-14-4-2-1-3-13(14)19-26-25-16(30-19)8-12-9-23-17(28)15-7-11(10-27(12)15)24-18(29)20-22-5-6-31-20/h1-6,11-12,15H,7-10H2,(H,23,28)(H,24,29)/t11-,12+,15-/m0/s1. The zero-order chi connectivity index (χ0) is 21.4. The molecule has 31 heavy (non-hydrogen) atoms. The van der Waals surface area contributed by atoms with Gasteiger partial charge in [0.15, 0.2) is 5.01 Å². The molecule has 2 aromatic heterocycles. The minimum absolute atomic E-state index is 0.0557. The van der Waals surface area contributed by atoms with Gasteiger partial charge in [-0.25, -0.2) is 9.37 Å². The Morgan fingerprint density at radius 1 is 1.35 bits per heavy atom. The van der Waals surface area contributed by atoms with Gasteiger partial charge in [-0.2, -0.15) is 0 Å². The van der Waals surface area contributed by atoms with Crippen LogP contribution in [0.5, 0.6) is 0 Å². The molecular weight excluding hydrogens is 423 g/mol. The Bertz CT molecular complexity index is 1100. The molecule has 2 N–H and O–H groups in total. The molecule has 0 spiro atoms. The number of nitrogens with one attached hydrogen (secondary N) is 2. The molecule has 2 fully saturated rings. The number of amides is 2. The number of thiazole rings is 1. The first-order chi connectivity index (χ1) is 15.1. The van der Waals surface area contributed by atoms with Crippen molar-refractivity contribution in [2.45, 2.75) is 31.0 Å². The molecule has 0 radical (unpaired) electrons. The SMILES string of the molecule is O=C(N[C@H]1C[C@H]2C(=O)NC[C@@H](Cc3nnc(-c4ccccc4F)o3)N2C1)c1nccs1. The van der Waals surface area contributed by atoms with Crippen LogP contribution in [-0.4, -0.2) is 63.1 Å². The predicted molar refractivity (Wildman–Crippen MR) is 109 cm³/mol. The van der Waals surface area contributed by atoms with Gasteiger partial charge in [-0.05, 0) is 18.6 Å². The molecule has 3 aromatic rings. The van der Waals surface area contributed by atoms with E-state index in [1.807, 2.05) is 0 Å². The van der Waals surface area contributed by atoms with Gasteiger partial charge in [0.2, 0.25) is 11.8 Å². The summed E-state index contributed by atoms with van der Waals surface area (Å²) in [5.74, 6) is -0.225. The van der Waals surface area contributed by atoms with Crippen LogP contribution in [0, 0.1) is 5.82 Å². The summed E-state index contributed by atoms with van der Waals surface area (Å²) < 4.78 is 19.7. The molecule has 2 aliphatic rings. The van der Waals surface area contributed by atoms with Gasteiger partial charge in [0.1, 0.15) is 5.82 Å². The van der Waals surface area contributed by atoms with E-state index < -0.39 is 5.82 Å². The third-order valence-corrected chi connectivity index (χ3v) is 6.34. The lowest BCUT2D eigenvalue weighted by molar-refractivity contribution is -0.129. The van der Waals surface area contributed by atoms with E-state index in [-0.39, 0.29) is 41.4 Å². The van der Waals surface area contributed by atoms with E-state index in [0.717, 1.165) is 0 Å². The fraction of sp³-hybridized carbons (Fsp3) is 0.350. The number of aromatic nitrogens is 3. The second kappa shape index (κ2) is 8.16. The number of piperazine rings is 1. The first kappa shape index (κ1) is 19.8. The van der Waals surface area contributed by atoms with E-state index in [4.69, 9.17) is 4.42 Å². The molecule has 4 heterocycles. The van der Waals surface area contributed by atoms with Crippen LogP contribution in [0.4, 0.5) is 4.39 Å². The molecule has 9 nitrogen and oxygen atoms in total. The molecule has 11 heteroatoms. The summed E-state index contributed by atoms with van der Waals surface area (Å²) in [6.07, 6.45) is 2.51. The Hall–Kier alpha value is -3.18. The third kappa shape index (κ3) is 3.93. The minimum Gasteiger partial charge on any atom is -0.421 e. The average Bonchev–Trinajstić information content (AvgIpc) is 3.51. The van der Waals surface area contributed by atoms with Crippen molar-refractivity contribution in [2.75, 3.05) is 13.1 Å². The lowest BCUT2D eigenvalue weighted by Gasteiger charge is -2.36. The first-order valence-corrected chi connectivity index (χ1v) is 10.8. The van der Waals surface area contributed by atoms with Crippen molar-refractivity contribution in [3.8, 4) is 11.5 Å². The van der Waals surface area contributed by atoms with Gasteiger partial charge >= 0.3 is 0 Å². The molecule has 1 aromatic carbocycles. The van der Waals surface area contributed by atoms with E-state index in [2.05, 4.69) is 30.7 Å². The highest BCUT2D eigenvalue weighted by Gasteiger charge is 2.44. The molecule has 3 atom stereocenters. The summed E-state index contributed by atoms with van der Waals surface area (Å²) in [5, 5.41) is 16.1. The second-order valence-corrected chi connectivity index (χ2v) is 8.43. The number of benzene rings is 1. The van der Waals surface area contributed by atoms with E-state index in [1.165, 1.54) is 17.4 Å². The second-order valence-electron chi connectivity index (χ2n) is 7.54. The zero-order valence-corrected chi connectivity index (χ0v) is 17.1. The number of carbonyl (C=O) groups excluding carboxylic acids is 2. The Balaban J connectivity index is 1.28. The summed E-state index contributed by atoms with van der Waals surface area (Å²) in [6.45, 7) is 0.966. The Labute approximate surface area is 180 Å². The molecule has 2 amide bonds. The third-order valence-electron chi connectivity index (χ3n) is 5.57. The fourth-order valence-corrected chi connectivity index (χ4v) is 4.67. The topological polar surface area (TPSA) is 113 Å². The number of hydrogen-bond acceptors (Lipinski definition) is 8. The number of hydrogen-bond donors (Lipinski definition) is 2. The number of fused-ring (bicyclic) bond motifs is 1. The van der Waals surface area contributed by atoms with Gasteiger partial charge in [0.25, 0.3) is 11.8 Å². The number of halogens is 1. The Kier molecular flexibility index (Phi) is 5.20. The lowest BCUT2D eigenvalue weighted by atomic mass is 10.1. The van der Waals surface area contributed by atoms with Crippen LogP contribution >= 0.6 is 11.3 Å². The van der Waals surface area contributed by atoms with Crippen LogP contribution in [0.15, 0.2) is 40.3 Å². The quantitative estimate of drug-likeness (QED) is 0.611. The number of rotatable bonds is 5. The van der Waals surface area contributed by atoms with Crippen molar-refractivity contribution in [1.82, 2.24) is 30.7 Å². The van der Waals surface area contributed by atoms with E-state index >= 15 is 0 Å². The molecule has 2 saturated heterocycles. The first-order valence-electron chi connectivity index (χ1n) is 9.89. The van der Waals surface area contributed by atoms with Gasteiger partial charge in [-0.1, -0.05) is 12.1 Å². The van der Waals surface area contributed by atoms with Crippen molar-refractivity contribution in [2.24, 2.45) is 0 Å². The molecule has 5 rings (SSSR count). The molecule has 2 aliphatic heterocycles. The number of nitrogens with zero attached hydrogens (tertiary/aromatic N) is 4. The van der Waals surface area contributed by atoms with Gasteiger partial charge < -0.3 is 15.1 Å². The summed E-state index contributed by atoms with van der Waals surface area (Å²) in [5.41, 5.74) is 0.252. The Morgan fingerprint density at radius 2 is 2.23 bits per heavy atom. The number of carbonyl (C=O) groups is 2. The largest absolute Gasteiger partial charge is 0.421 e. The van der Waals surface area contributed by atoms with Crippen LogP contribution in [0.1, 0.15) is 22.1 Å². The highest BCUT2D eigenvalue weighted by molar-refractivity contribution is 7.11. The molecule has 0 saturated carbocycles. The maximum absolute atomic E-state index is 14.0. The van der Waals surface area contributed by atoms with Crippen molar-refractivity contribution in [1.29, 1.82) is 0 Å². The minimum atomic E-state index is -0.430. The van der Waals surface area contributed by atoms with Crippen molar-refractivity contribution in [3.63, 3.8) is 0 Å². The summed E-state index contributed by atoms with van der Waals surface area (Å²) in [4.78, 5) is 30.8. The fourth-order valence-electron chi connectivity index (χ4n) is 4.13. The van der Waals surface area contributed by atoms with Crippen LogP contribution in [0.25, 0.3) is 11.5 Å². The highest BCUT2D eigenvalue weighted by atomic mass is 32.1. The summed E-state index contributed by atoms with van der Waals surface area (Å²) >= 11 is 1.27. The normalized spacial score (nSPS) is 23.4. The van der Waals surface area contributed by atoms with Gasteiger partial charge in [0, 0.05) is 43.2 Å². The van der Waals surface area contributed by atoms with Crippen LogP contribution in [-0.2, 0) is 11.2 Å². The zero-order valence-electron chi connectivity index (χ0n) is 16.3. The van der Waals surface area contributed by atoms with Crippen molar-refractivity contribution in [3.05, 3.63) is 52.6 Å². The molecule has 0 unspecified atom stereocenters. The van der Waals surface area contributed by atoms with Gasteiger partial charge in [0.05, 0.1) is 11.6 Å². The van der Waals surface area contributed by atoms with E-state index in [1.54, 1.807) is 29.8 Å². The monoisotopic (exact) mass is 442 g/mol. The van der Waals surface area contributed by atoms with Crippen molar-refractivity contribution >= 4 is 23.2 Å². The summed E-state index contributed by atoms with van der Waals surface area (Å²) in [6, 6.07) is 5.65. The van der Waals surface area contributed by atoms with E-state index in [9.17, 15) is 14.0 Å². The molecule has 0 aliphatic carbocycles. The highest BCUT2D eigenvalue weighted by Crippen LogP contribution is 2.27. The van der Waals surface area contributed by atoms with Gasteiger partial charge in [-0.3, -0.25) is 14.5 Å². The predicted octanol–water partition coefficient (Wildman–Crippen LogP) is 1.25. The summed E-state index contributed by atoms with van der Waals surface area (Å²) in [7, 11) is 0. The molecule has 160 valence electrons. The van der Waals surface area contributed by atoms with Crippen LogP contribution in [0.2, 0.25) is 0 Å².